The van der Waals surface area contributed by atoms with Crippen LogP contribution in [0.3, 0.4) is 0 Å². The van der Waals surface area contributed by atoms with Crippen molar-refractivity contribution in [2.75, 3.05) is 13.7 Å². The molecular weight excluding hydrogens is 466 g/mol. The first kappa shape index (κ1) is 24.2. The molecule has 2 amide bonds. The molecule has 36 heavy (non-hydrogen) atoms. The summed E-state index contributed by atoms with van der Waals surface area (Å²) in [5.74, 6) is -0.559. The standard InChI is InChI=1S/C25H23N5O6/c1-4-12-36-24(31)21-15(2)26-25(32)27-23(21)18-14-29(17-8-6-5-7-9-17)28-22(18)16-10-11-20(35-3)19(13-16)30(33)34/h4-11,13-14,23H,1,12H2,2-3H3,(H2,26,27,32)/t23-/m1/s1. The Hall–Kier alpha value is -4.93. The van der Waals surface area contributed by atoms with E-state index in [4.69, 9.17) is 9.47 Å². The monoisotopic (exact) mass is 489 g/mol. The van der Waals surface area contributed by atoms with E-state index < -0.39 is 23.0 Å². The number of nitrogens with one attached hydrogen (secondary N) is 2. The van der Waals surface area contributed by atoms with E-state index in [2.05, 4.69) is 22.3 Å². The van der Waals surface area contributed by atoms with Gasteiger partial charge in [0, 0.05) is 29.1 Å². The van der Waals surface area contributed by atoms with Crippen molar-refractivity contribution in [1.82, 2.24) is 20.4 Å². The van der Waals surface area contributed by atoms with Gasteiger partial charge in [-0.3, -0.25) is 10.1 Å². The first-order valence-corrected chi connectivity index (χ1v) is 10.9. The van der Waals surface area contributed by atoms with E-state index in [1.165, 1.54) is 25.3 Å². The molecular formula is C25H23N5O6. The Morgan fingerprint density at radius 3 is 2.69 bits per heavy atom. The third-order valence-corrected chi connectivity index (χ3v) is 5.54. The van der Waals surface area contributed by atoms with Crippen molar-refractivity contribution in [3.8, 4) is 22.7 Å². The molecule has 2 heterocycles. The van der Waals surface area contributed by atoms with E-state index in [-0.39, 0.29) is 23.6 Å². The molecule has 0 saturated carbocycles. The van der Waals surface area contributed by atoms with Gasteiger partial charge in [-0.05, 0) is 31.2 Å². The minimum atomic E-state index is -0.940. The number of rotatable bonds is 8. The Morgan fingerprint density at radius 1 is 1.28 bits per heavy atom. The highest BCUT2D eigenvalue weighted by Crippen LogP contribution is 2.38. The SMILES string of the molecule is C=CCOC(=O)C1=C(C)NC(=O)N[C@@H]1c1cn(-c2ccccc2)nc1-c1ccc(OC)c([N+](=O)[O-])c1. The Morgan fingerprint density at radius 2 is 2.03 bits per heavy atom. The molecule has 0 fully saturated rings. The molecule has 0 saturated heterocycles. The normalized spacial score (nSPS) is 15.1. The van der Waals surface area contributed by atoms with Crippen LogP contribution in [0.2, 0.25) is 0 Å². The zero-order valence-corrected chi connectivity index (χ0v) is 19.6. The Labute approximate surface area is 206 Å². The number of para-hydroxylation sites is 1. The third kappa shape index (κ3) is 4.67. The van der Waals surface area contributed by atoms with E-state index >= 15 is 0 Å². The first-order valence-electron chi connectivity index (χ1n) is 10.9. The lowest BCUT2D eigenvalue weighted by atomic mass is 9.93. The zero-order valence-electron chi connectivity index (χ0n) is 19.6. The van der Waals surface area contributed by atoms with Crippen LogP contribution in [0, 0.1) is 10.1 Å². The van der Waals surface area contributed by atoms with Crippen molar-refractivity contribution in [3.05, 3.63) is 94.3 Å². The van der Waals surface area contributed by atoms with Crippen molar-refractivity contribution in [2.24, 2.45) is 0 Å². The van der Waals surface area contributed by atoms with Gasteiger partial charge in [0.1, 0.15) is 6.61 Å². The van der Waals surface area contributed by atoms with Gasteiger partial charge in [-0.25, -0.2) is 14.3 Å². The summed E-state index contributed by atoms with van der Waals surface area (Å²) in [6.45, 7) is 5.13. The fourth-order valence-electron chi connectivity index (χ4n) is 3.93. The zero-order chi connectivity index (χ0) is 25.8. The fourth-order valence-corrected chi connectivity index (χ4v) is 3.93. The summed E-state index contributed by atoms with van der Waals surface area (Å²) in [6.07, 6.45) is 3.11. The molecule has 4 rings (SSSR count). The van der Waals surface area contributed by atoms with Gasteiger partial charge < -0.3 is 20.1 Å². The number of ether oxygens (including phenoxy) is 2. The molecule has 11 heteroatoms. The number of nitrogens with zero attached hydrogens (tertiary/aromatic N) is 3. The van der Waals surface area contributed by atoms with E-state index in [9.17, 15) is 19.7 Å². The van der Waals surface area contributed by atoms with Crippen LogP contribution in [0.5, 0.6) is 5.75 Å². The van der Waals surface area contributed by atoms with Crippen LogP contribution >= 0.6 is 0 Å². The molecule has 1 aliphatic rings. The predicted molar refractivity (Wildman–Crippen MR) is 130 cm³/mol. The highest BCUT2D eigenvalue weighted by Gasteiger charge is 2.35. The van der Waals surface area contributed by atoms with Crippen LogP contribution < -0.4 is 15.4 Å². The summed E-state index contributed by atoms with van der Waals surface area (Å²) in [5.41, 5.74) is 2.13. The molecule has 11 nitrogen and oxygen atoms in total. The Balaban J connectivity index is 1.93. The number of methoxy groups -OCH3 is 1. The fraction of sp³-hybridized carbons (Fsp3) is 0.160. The smallest absolute Gasteiger partial charge is 0.338 e. The number of amides is 2. The number of hydrogen-bond acceptors (Lipinski definition) is 7. The van der Waals surface area contributed by atoms with Crippen LogP contribution in [-0.4, -0.2) is 40.4 Å². The van der Waals surface area contributed by atoms with E-state index in [0.717, 1.165) is 0 Å². The van der Waals surface area contributed by atoms with Gasteiger partial charge in [0.25, 0.3) is 0 Å². The minimum absolute atomic E-state index is 0.0168. The summed E-state index contributed by atoms with van der Waals surface area (Å²) in [7, 11) is 1.34. The second-order valence-electron chi connectivity index (χ2n) is 7.81. The highest BCUT2D eigenvalue weighted by atomic mass is 16.6. The number of hydrogen-bond donors (Lipinski definition) is 2. The van der Waals surface area contributed by atoms with E-state index in [1.54, 1.807) is 23.9 Å². The number of esters is 1. The van der Waals surface area contributed by atoms with Gasteiger partial charge >= 0.3 is 17.7 Å². The summed E-state index contributed by atoms with van der Waals surface area (Å²) < 4.78 is 12.0. The van der Waals surface area contributed by atoms with Crippen molar-refractivity contribution >= 4 is 17.7 Å². The Bertz CT molecular complexity index is 1380. The molecule has 1 aromatic heterocycles. The minimum Gasteiger partial charge on any atom is -0.490 e. The van der Waals surface area contributed by atoms with Gasteiger partial charge in [0.15, 0.2) is 5.75 Å². The molecule has 0 unspecified atom stereocenters. The average molecular weight is 489 g/mol. The third-order valence-electron chi connectivity index (χ3n) is 5.54. The number of nitro groups is 1. The van der Waals surface area contributed by atoms with Crippen LogP contribution in [0.1, 0.15) is 18.5 Å². The van der Waals surface area contributed by atoms with Crippen molar-refractivity contribution in [3.63, 3.8) is 0 Å². The van der Waals surface area contributed by atoms with Gasteiger partial charge in [-0.2, -0.15) is 5.10 Å². The first-order chi connectivity index (χ1) is 17.3. The van der Waals surface area contributed by atoms with Crippen LogP contribution in [0.15, 0.2) is 78.7 Å². The number of urea groups is 1. The number of carbonyl (C=O) groups excluding carboxylic acids is 2. The van der Waals surface area contributed by atoms with E-state index in [1.807, 2.05) is 30.3 Å². The lowest BCUT2D eigenvalue weighted by molar-refractivity contribution is -0.385. The lowest BCUT2D eigenvalue weighted by Crippen LogP contribution is -2.45. The summed E-state index contributed by atoms with van der Waals surface area (Å²) >= 11 is 0. The molecule has 3 aromatic rings. The van der Waals surface area contributed by atoms with E-state index in [0.29, 0.717) is 28.2 Å². The number of allylic oxidation sites excluding steroid dienone is 1. The largest absolute Gasteiger partial charge is 0.490 e. The van der Waals surface area contributed by atoms with Gasteiger partial charge in [-0.1, -0.05) is 30.9 Å². The van der Waals surface area contributed by atoms with Gasteiger partial charge in [0.2, 0.25) is 0 Å². The molecule has 184 valence electrons. The van der Waals surface area contributed by atoms with Crippen LogP contribution in [-0.2, 0) is 9.53 Å². The number of benzene rings is 2. The van der Waals surface area contributed by atoms with Gasteiger partial charge in [0.05, 0.1) is 35.0 Å². The Kier molecular flexibility index (Phi) is 6.81. The maximum Gasteiger partial charge on any atom is 0.338 e. The topological polar surface area (TPSA) is 138 Å². The van der Waals surface area contributed by atoms with Crippen LogP contribution in [0.25, 0.3) is 16.9 Å². The number of aromatic nitrogens is 2. The highest BCUT2D eigenvalue weighted by molar-refractivity contribution is 5.95. The molecule has 2 N–H and O–H groups in total. The summed E-state index contributed by atoms with van der Waals surface area (Å²) in [4.78, 5) is 36.5. The molecule has 1 aliphatic heterocycles. The second kappa shape index (κ2) is 10.1. The summed E-state index contributed by atoms with van der Waals surface area (Å²) in [5, 5.41) is 21.7. The molecule has 0 spiro atoms. The molecule has 2 aromatic carbocycles. The second-order valence-corrected chi connectivity index (χ2v) is 7.81. The summed E-state index contributed by atoms with van der Waals surface area (Å²) in [6, 6.07) is 12.2. The molecule has 0 bridgehead atoms. The number of nitro benzene ring substituents is 1. The molecule has 1 atom stereocenters. The molecule has 0 aliphatic carbocycles. The maximum absolute atomic E-state index is 13.0. The maximum atomic E-state index is 13.0. The molecule has 0 radical (unpaired) electrons. The lowest BCUT2D eigenvalue weighted by Gasteiger charge is -2.27. The van der Waals surface area contributed by atoms with Crippen LogP contribution in [0.4, 0.5) is 10.5 Å². The quantitative estimate of drug-likeness (QED) is 0.212. The number of carbonyl (C=O) groups is 2. The van der Waals surface area contributed by atoms with Crippen molar-refractivity contribution in [1.29, 1.82) is 0 Å². The predicted octanol–water partition coefficient (Wildman–Crippen LogP) is 3.81. The van der Waals surface area contributed by atoms with Gasteiger partial charge in [-0.15, -0.1) is 0 Å². The average Bonchev–Trinajstić information content (AvgIpc) is 3.32. The van der Waals surface area contributed by atoms with Crippen molar-refractivity contribution in [2.45, 2.75) is 13.0 Å². The van der Waals surface area contributed by atoms with Crippen molar-refractivity contribution < 1.29 is 24.0 Å².